The molecule has 1 amide bonds. The van der Waals surface area contributed by atoms with Crippen LogP contribution in [0.25, 0.3) is 0 Å². The Hall–Kier alpha value is -1.55. The van der Waals surface area contributed by atoms with Crippen molar-refractivity contribution >= 4 is 17.3 Å². The molecule has 3 N–H and O–H groups in total. The zero-order valence-corrected chi connectivity index (χ0v) is 8.79. The van der Waals surface area contributed by atoms with Crippen molar-refractivity contribution in [2.75, 3.05) is 23.3 Å². The standard InChI is InChI=1S/C11H15N3O/c1-2-14-7-11(15)13-9-5-8(6-12)3-4-10(9)14/h3-5H,2,6-7,12H2,1H3,(H,13,15). The Bertz CT molecular complexity index is 389. The van der Waals surface area contributed by atoms with Crippen molar-refractivity contribution in [1.29, 1.82) is 0 Å². The molecular weight excluding hydrogens is 190 g/mol. The fourth-order valence-corrected chi connectivity index (χ4v) is 1.82. The third-order valence-electron chi connectivity index (χ3n) is 2.63. The molecule has 1 aliphatic heterocycles. The molecule has 0 aromatic heterocycles. The van der Waals surface area contributed by atoms with Gasteiger partial charge >= 0.3 is 0 Å². The number of nitrogens with zero attached hydrogens (tertiary/aromatic N) is 1. The lowest BCUT2D eigenvalue weighted by atomic mass is 10.1. The van der Waals surface area contributed by atoms with Crippen LogP contribution in [-0.2, 0) is 11.3 Å². The second-order valence-electron chi connectivity index (χ2n) is 3.62. The maximum atomic E-state index is 11.4. The van der Waals surface area contributed by atoms with E-state index in [0.717, 1.165) is 23.5 Å². The molecule has 0 radical (unpaired) electrons. The van der Waals surface area contributed by atoms with Gasteiger partial charge in [0.1, 0.15) is 0 Å². The molecule has 0 bridgehead atoms. The van der Waals surface area contributed by atoms with Gasteiger partial charge in [0.25, 0.3) is 0 Å². The highest BCUT2D eigenvalue weighted by Gasteiger charge is 2.20. The summed E-state index contributed by atoms with van der Waals surface area (Å²) in [7, 11) is 0. The summed E-state index contributed by atoms with van der Waals surface area (Å²) in [4.78, 5) is 13.5. The highest BCUT2D eigenvalue weighted by molar-refractivity contribution is 6.01. The van der Waals surface area contributed by atoms with E-state index in [0.29, 0.717) is 13.1 Å². The molecule has 0 saturated heterocycles. The first-order valence-electron chi connectivity index (χ1n) is 5.12. The molecule has 1 aliphatic rings. The first-order chi connectivity index (χ1) is 7.24. The van der Waals surface area contributed by atoms with Crippen LogP contribution in [-0.4, -0.2) is 19.0 Å². The molecule has 0 aliphatic carbocycles. The van der Waals surface area contributed by atoms with E-state index < -0.39 is 0 Å². The number of nitrogens with two attached hydrogens (primary N) is 1. The third-order valence-corrected chi connectivity index (χ3v) is 2.63. The van der Waals surface area contributed by atoms with Crippen LogP contribution in [0.2, 0.25) is 0 Å². The molecule has 4 nitrogen and oxygen atoms in total. The summed E-state index contributed by atoms with van der Waals surface area (Å²) in [6.07, 6.45) is 0. The summed E-state index contributed by atoms with van der Waals surface area (Å²) in [5, 5.41) is 2.86. The number of amides is 1. The molecule has 0 fully saturated rings. The third kappa shape index (κ3) is 1.80. The molecule has 0 spiro atoms. The number of carbonyl (C=O) groups is 1. The topological polar surface area (TPSA) is 58.4 Å². The summed E-state index contributed by atoms with van der Waals surface area (Å²) in [5.41, 5.74) is 8.54. The average Bonchev–Trinajstić information content (AvgIpc) is 2.26. The molecule has 0 atom stereocenters. The van der Waals surface area contributed by atoms with Gasteiger partial charge in [0, 0.05) is 13.1 Å². The molecule has 0 unspecified atom stereocenters. The summed E-state index contributed by atoms with van der Waals surface area (Å²) in [5.74, 6) is 0.0403. The number of likely N-dealkylation sites (N-methyl/N-ethyl adjacent to an activating group) is 1. The van der Waals surface area contributed by atoms with Gasteiger partial charge in [0.05, 0.1) is 17.9 Å². The van der Waals surface area contributed by atoms with Crippen molar-refractivity contribution in [3.05, 3.63) is 23.8 Å². The van der Waals surface area contributed by atoms with Gasteiger partial charge in [-0.3, -0.25) is 4.79 Å². The van der Waals surface area contributed by atoms with Gasteiger partial charge in [-0.15, -0.1) is 0 Å². The zero-order chi connectivity index (χ0) is 10.8. The van der Waals surface area contributed by atoms with E-state index >= 15 is 0 Å². The Kier molecular flexibility index (Phi) is 2.60. The number of hydrogen-bond donors (Lipinski definition) is 2. The van der Waals surface area contributed by atoms with E-state index in [1.807, 2.05) is 25.1 Å². The molecule has 1 heterocycles. The van der Waals surface area contributed by atoms with Crippen LogP contribution >= 0.6 is 0 Å². The van der Waals surface area contributed by atoms with E-state index in [9.17, 15) is 4.79 Å². The minimum Gasteiger partial charge on any atom is -0.361 e. The van der Waals surface area contributed by atoms with E-state index in [1.54, 1.807) is 0 Å². The number of hydrogen-bond acceptors (Lipinski definition) is 3. The minimum atomic E-state index is 0.0403. The fraction of sp³-hybridized carbons (Fsp3) is 0.364. The molecule has 80 valence electrons. The largest absolute Gasteiger partial charge is 0.361 e. The van der Waals surface area contributed by atoms with Crippen molar-refractivity contribution < 1.29 is 4.79 Å². The highest BCUT2D eigenvalue weighted by Crippen LogP contribution is 2.29. The molecule has 0 saturated carbocycles. The highest BCUT2D eigenvalue weighted by atomic mass is 16.2. The summed E-state index contributed by atoms with van der Waals surface area (Å²) >= 11 is 0. The maximum absolute atomic E-state index is 11.4. The van der Waals surface area contributed by atoms with Gasteiger partial charge in [-0.25, -0.2) is 0 Å². The van der Waals surface area contributed by atoms with E-state index in [2.05, 4.69) is 10.2 Å². The predicted octanol–water partition coefficient (Wildman–Crippen LogP) is 0.924. The quantitative estimate of drug-likeness (QED) is 0.755. The van der Waals surface area contributed by atoms with Gasteiger partial charge in [0.2, 0.25) is 5.91 Å². The summed E-state index contributed by atoms with van der Waals surface area (Å²) < 4.78 is 0. The van der Waals surface area contributed by atoms with Crippen LogP contribution in [0.5, 0.6) is 0 Å². The lowest BCUT2D eigenvalue weighted by Crippen LogP contribution is -2.38. The van der Waals surface area contributed by atoms with Gasteiger partial charge in [-0.05, 0) is 24.6 Å². The Labute approximate surface area is 89.1 Å². The van der Waals surface area contributed by atoms with Gasteiger partial charge < -0.3 is 16.0 Å². The first-order valence-corrected chi connectivity index (χ1v) is 5.12. The van der Waals surface area contributed by atoms with Crippen molar-refractivity contribution in [2.45, 2.75) is 13.5 Å². The number of benzene rings is 1. The molecule has 1 aromatic rings. The SMILES string of the molecule is CCN1CC(=O)Nc2cc(CN)ccc21. The number of fused-ring (bicyclic) bond motifs is 1. The predicted molar refractivity (Wildman–Crippen MR) is 60.9 cm³/mol. The zero-order valence-electron chi connectivity index (χ0n) is 8.79. The van der Waals surface area contributed by atoms with Gasteiger partial charge in [-0.1, -0.05) is 6.07 Å². The van der Waals surface area contributed by atoms with Crippen LogP contribution < -0.4 is 16.0 Å². The first kappa shape index (κ1) is 9.98. The maximum Gasteiger partial charge on any atom is 0.243 e. The van der Waals surface area contributed by atoms with Gasteiger partial charge in [0.15, 0.2) is 0 Å². The van der Waals surface area contributed by atoms with E-state index in [4.69, 9.17) is 5.73 Å². The van der Waals surface area contributed by atoms with Crippen LogP contribution in [0.4, 0.5) is 11.4 Å². The van der Waals surface area contributed by atoms with E-state index in [-0.39, 0.29) is 5.91 Å². The molecule has 1 aromatic carbocycles. The van der Waals surface area contributed by atoms with Crippen LogP contribution in [0.15, 0.2) is 18.2 Å². The van der Waals surface area contributed by atoms with Crippen LogP contribution in [0.3, 0.4) is 0 Å². The molecule has 15 heavy (non-hydrogen) atoms. The normalized spacial score (nSPS) is 14.8. The molecular formula is C11H15N3O. The average molecular weight is 205 g/mol. The second-order valence-corrected chi connectivity index (χ2v) is 3.62. The molecule has 2 rings (SSSR count). The number of anilines is 2. The lowest BCUT2D eigenvalue weighted by Gasteiger charge is -2.30. The Balaban J connectivity index is 2.41. The summed E-state index contributed by atoms with van der Waals surface area (Å²) in [6, 6.07) is 5.95. The van der Waals surface area contributed by atoms with Crippen LogP contribution in [0, 0.1) is 0 Å². The number of rotatable bonds is 2. The molecule has 4 heteroatoms. The number of carbonyl (C=O) groups excluding carboxylic acids is 1. The van der Waals surface area contributed by atoms with Crippen molar-refractivity contribution in [2.24, 2.45) is 5.73 Å². The Morgan fingerprint density at radius 3 is 3.00 bits per heavy atom. The Morgan fingerprint density at radius 2 is 2.33 bits per heavy atom. The second kappa shape index (κ2) is 3.90. The fourth-order valence-electron chi connectivity index (χ4n) is 1.82. The van der Waals surface area contributed by atoms with Crippen molar-refractivity contribution in [1.82, 2.24) is 0 Å². The summed E-state index contributed by atoms with van der Waals surface area (Å²) in [6.45, 7) is 3.81. The van der Waals surface area contributed by atoms with Gasteiger partial charge in [-0.2, -0.15) is 0 Å². The minimum absolute atomic E-state index is 0.0403. The smallest absolute Gasteiger partial charge is 0.243 e. The van der Waals surface area contributed by atoms with Crippen molar-refractivity contribution in [3.8, 4) is 0 Å². The van der Waals surface area contributed by atoms with Crippen LogP contribution in [0.1, 0.15) is 12.5 Å². The Morgan fingerprint density at radius 1 is 1.53 bits per heavy atom. The van der Waals surface area contributed by atoms with E-state index in [1.165, 1.54) is 0 Å². The monoisotopic (exact) mass is 205 g/mol. The van der Waals surface area contributed by atoms with Crippen molar-refractivity contribution in [3.63, 3.8) is 0 Å². The number of nitrogens with one attached hydrogen (secondary N) is 1. The lowest BCUT2D eigenvalue weighted by molar-refractivity contribution is -0.115.